The number of imidazole rings is 1. The van der Waals surface area contributed by atoms with Gasteiger partial charge in [0, 0.05) is 6.04 Å². The molecule has 0 saturated carbocycles. The number of ether oxygens (including phenoxy) is 1. The number of amides is 1. The van der Waals surface area contributed by atoms with Gasteiger partial charge in [-0.2, -0.15) is 0 Å². The highest BCUT2D eigenvalue weighted by Crippen LogP contribution is 2.39. The Morgan fingerprint density at radius 1 is 1.22 bits per heavy atom. The third kappa shape index (κ3) is 4.15. The lowest BCUT2D eigenvalue weighted by atomic mass is 9.79. The minimum absolute atomic E-state index is 0.123. The molecule has 2 aliphatic heterocycles. The van der Waals surface area contributed by atoms with Crippen molar-refractivity contribution in [3.63, 3.8) is 0 Å². The maximum absolute atomic E-state index is 13.0. The fourth-order valence-corrected chi connectivity index (χ4v) is 4.47. The van der Waals surface area contributed by atoms with Crippen molar-refractivity contribution in [3.05, 3.63) is 24.0 Å². The molecule has 2 aliphatic rings. The number of likely N-dealkylation sites (tertiary alicyclic amines) is 1. The minimum Gasteiger partial charge on any atom is -0.444 e. The molecular weight excluding hydrogens is 405 g/mol. The number of nitrogens with zero attached hydrogens (tertiary/aromatic N) is 2. The van der Waals surface area contributed by atoms with Crippen LogP contribution in [0.5, 0.6) is 0 Å². The van der Waals surface area contributed by atoms with Gasteiger partial charge in [-0.25, -0.2) is 9.78 Å². The third-order valence-corrected chi connectivity index (χ3v) is 6.94. The first kappa shape index (κ1) is 23.1. The lowest BCUT2D eigenvalue weighted by Crippen LogP contribution is -2.41. The molecule has 0 spiro atoms. The second-order valence-corrected chi connectivity index (χ2v) is 11.0. The number of aromatic nitrogens is 2. The molecule has 1 aromatic carbocycles. The number of H-pyrrole nitrogens is 1. The predicted molar refractivity (Wildman–Crippen MR) is 126 cm³/mol. The number of carbonyl (C=O) groups is 1. The molecule has 0 aliphatic carbocycles. The molecule has 2 aromatic rings. The van der Waals surface area contributed by atoms with Gasteiger partial charge in [0.15, 0.2) is 0 Å². The van der Waals surface area contributed by atoms with Crippen molar-refractivity contribution >= 4 is 29.7 Å². The normalized spacial score (nSPS) is 25.0. The SMILES string of the molecule is CC[C@H]1CC[C@@H](c2nc3ccc(B4OC(C)(C)C(C)(C)O4)cc3[nH]2)N1C(=O)OC(C)(C)C. The number of hydrogen-bond donors (Lipinski definition) is 1. The average Bonchev–Trinajstić information content (AvgIpc) is 3.33. The Labute approximate surface area is 191 Å². The summed E-state index contributed by atoms with van der Waals surface area (Å²) >= 11 is 0. The minimum atomic E-state index is -0.534. The number of fused-ring (bicyclic) bond motifs is 1. The Balaban J connectivity index is 1.62. The molecule has 0 unspecified atom stereocenters. The van der Waals surface area contributed by atoms with E-state index in [1.54, 1.807) is 0 Å². The molecule has 8 heteroatoms. The van der Waals surface area contributed by atoms with E-state index < -0.39 is 23.9 Å². The molecule has 4 rings (SSSR count). The molecule has 32 heavy (non-hydrogen) atoms. The Morgan fingerprint density at radius 2 is 1.88 bits per heavy atom. The first-order valence-electron chi connectivity index (χ1n) is 11.7. The van der Waals surface area contributed by atoms with Gasteiger partial charge in [0.25, 0.3) is 0 Å². The fourth-order valence-electron chi connectivity index (χ4n) is 4.47. The summed E-state index contributed by atoms with van der Waals surface area (Å²) in [4.78, 5) is 23.2. The summed E-state index contributed by atoms with van der Waals surface area (Å²) in [7, 11) is -0.426. The molecule has 2 atom stereocenters. The van der Waals surface area contributed by atoms with Gasteiger partial charge in [0.2, 0.25) is 0 Å². The molecule has 3 heterocycles. The van der Waals surface area contributed by atoms with E-state index in [1.165, 1.54) is 0 Å². The van der Waals surface area contributed by atoms with E-state index in [2.05, 4.69) is 39.6 Å². The molecule has 7 nitrogen and oxygen atoms in total. The zero-order chi connectivity index (χ0) is 23.5. The van der Waals surface area contributed by atoms with Crippen LogP contribution in [0.25, 0.3) is 11.0 Å². The zero-order valence-corrected chi connectivity index (χ0v) is 20.6. The van der Waals surface area contributed by atoms with Crippen molar-refractivity contribution in [1.82, 2.24) is 14.9 Å². The molecule has 1 amide bonds. The van der Waals surface area contributed by atoms with E-state index >= 15 is 0 Å². The van der Waals surface area contributed by atoms with Gasteiger partial charge in [0.1, 0.15) is 11.4 Å². The summed E-state index contributed by atoms with van der Waals surface area (Å²) in [5.74, 6) is 0.799. The van der Waals surface area contributed by atoms with E-state index in [4.69, 9.17) is 19.0 Å². The summed E-state index contributed by atoms with van der Waals surface area (Å²) in [6.07, 6.45) is 2.42. The summed E-state index contributed by atoms with van der Waals surface area (Å²) in [6.45, 7) is 16.0. The van der Waals surface area contributed by atoms with E-state index in [0.29, 0.717) is 0 Å². The van der Waals surface area contributed by atoms with Crippen molar-refractivity contribution in [2.45, 2.75) is 104 Å². The molecule has 1 aromatic heterocycles. The average molecular weight is 441 g/mol. The summed E-state index contributed by atoms with van der Waals surface area (Å²) in [5.41, 5.74) is 1.42. The molecule has 2 fully saturated rings. The maximum atomic E-state index is 13.0. The summed E-state index contributed by atoms with van der Waals surface area (Å²) in [5, 5.41) is 0. The van der Waals surface area contributed by atoms with Gasteiger partial charge in [-0.1, -0.05) is 13.0 Å². The summed E-state index contributed by atoms with van der Waals surface area (Å²) < 4.78 is 18.1. The van der Waals surface area contributed by atoms with Gasteiger partial charge < -0.3 is 19.0 Å². The van der Waals surface area contributed by atoms with Gasteiger partial charge in [-0.15, -0.1) is 0 Å². The van der Waals surface area contributed by atoms with Crippen molar-refractivity contribution in [2.75, 3.05) is 0 Å². The van der Waals surface area contributed by atoms with E-state index in [9.17, 15) is 4.79 Å². The first-order chi connectivity index (χ1) is 14.8. The van der Waals surface area contributed by atoms with Gasteiger partial charge in [-0.3, -0.25) is 4.90 Å². The Kier molecular flexibility index (Phi) is 5.61. The zero-order valence-electron chi connectivity index (χ0n) is 20.6. The summed E-state index contributed by atoms with van der Waals surface area (Å²) in [6, 6.07) is 6.06. The fraction of sp³-hybridized carbons (Fsp3) is 0.667. The van der Waals surface area contributed by atoms with Gasteiger partial charge in [-0.05, 0) is 85.3 Å². The largest absolute Gasteiger partial charge is 0.494 e. The number of aromatic amines is 1. The highest BCUT2D eigenvalue weighted by atomic mass is 16.7. The van der Waals surface area contributed by atoms with E-state index in [0.717, 1.165) is 41.6 Å². The van der Waals surface area contributed by atoms with Crippen LogP contribution in [-0.4, -0.2) is 50.9 Å². The number of nitrogens with one attached hydrogen (secondary N) is 1. The quantitative estimate of drug-likeness (QED) is 0.698. The van der Waals surface area contributed by atoms with Crippen LogP contribution >= 0.6 is 0 Å². The topological polar surface area (TPSA) is 76.7 Å². The smallest absolute Gasteiger partial charge is 0.444 e. The number of rotatable bonds is 3. The maximum Gasteiger partial charge on any atom is 0.494 e. The van der Waals surface area contributed by atoms with Crippen LogP contribution < -0.4 is 5.46 Å². The first-order valence-corrected chi connectivity index (χ1v) is 11.7. The molecule has 0 bridgehead atoms. The van der Waals surface area contributed by atoms with Crippen LogP contribution in [0.2, 0.25) is 0 Å². The number of hydrogen-bond acceptors (Lipinski definition) is 5. The predicted octanol–water partition coefficient (Wildman–Crippen LogP) is 4.71. The van der Waals surface area contributed by atoms with Gasteiger partial charge >= 0.3 is 13.2 Å². The van der Waals surface area contributed by atoms with Crippen molar-refractivity contribution < 1.29 is 18.8 Å². The van der Waals surface area contributed by atoms with Crippen LogP contribution in [0.4, 0.5) is 4.79 Å². The molecule has 2 saturated heterocycles. The van der Waals surface area contributed by atoms with E-state index in [1.807, 2.05) is 43.9 Å². The number of benzene rings is 1. The third-order valence-electron chi connectivity index (χ3n) is 6.94. The Hall–Kier alpha value is -2.06. The lowest BCUT2D eigenvalue weighted by Gasteiger charge is -2.32. The molecular formula is C24H36BN3O4. The Bertz CT molecular complexity index is 994. The highest BCUT2D eigenvalue weighted by Gasteiger charge is 2.51. The monoisotopic (exact) mass is 441 g/mol. The van der Waals surface area contributed by atoms with Crippen molar-refractivity contribution in [3.8, 4) is 0 Å². The standard InChI is InChI=1S/C24H36BN3O4/c1-9-16-11-13-19(28(16)21(29)30-22(2,3)4)20-26-17-12-10-15(14-18(17)27-20)25-31-23(5,6)24(7,8)32-25/h10,12,14,16,19H,9,11,13H2,1-8H3,(H,26,27)/t16-,19-/m0/s1. The van der Waals surface area contributed by atoms with Crippen LogP contribution in [0.15, 0.2) is 18.2 Å². The number of carbonyl (C=O) groups excluding carboxylic acids is 1. The Morgan fingerprint density at radius 3 is 2.47 bits per heavy atom. The van der Waals surface area contributed by atoms with Crippen LogP contribution in [0.3, 0.4) is 0 Å². The molecule has 1 N–H and O–H groups in total. The van der Waals surface area contributed by atoms with Gasteiger partial charge in [0.05, 0.1) is 28.3 Å². The second kappa shape index (κ2) is 7.77. The van der Waals surface area contributed by atoms with Crippen LogP contribution in [0, 0.1) is 0 Å². The highest BCUT2D eigenvalue weighted by molar-refractivity contribution is 6.62. The second-order valence-electron chi connectivity index (χ2n) is 11.0. The van der Waals surface area contributed by atoms with Crippen molar-refractivity contribution in [1.29, 1.82) is 0 Å². The van der Waals surface area contributed by atoms with Crippen LogP contribution in [-0.2, 0) is 14.0 Å². The van der Waals surface area contributed by atoms with Crippen molar-refractivity contribution in [2.24, 2.45) is 0 Å². The molecule has 174 valence electrons. The van der Waals surface area contributed by atoms with E-state index in [-0.39, 0.29) is 18.2 Å². The van der Waals surface area contributed by atoms with Crippen LogP contribution in [0.1, 0.15) is 86.5 Å². The lowest BCUT2D eigenvalue weighted by molar-refractivity contribution is 0.00578. The molecule has 0 radical (unpaired) electrons.